The maximum absolute atomic E-state index is 9.43. The van der Waals surface area contributed by atoms with Gasteiger partial charge in [0.1, 0.15) is 5.56 Å². The molecule has 0 saturated carbocycles. The Labute approximate surface area is 139 Å². The van der Waals surface area contributed by atoms with Crippen LogP contribution in [-0.4, -0.2) is 27.9 Å². The highest BCUT2D eigenvalue weighted by atomic mass is 35.5. The first kappa shape index (κ1) is 19.4. The topological polar surface area (TPSA) is 66.5 Å². The number of nitrogens with two attached hydrogens (primary N) is 1. The quantitative estimate of drug-likeness (QED) is 0.431. The van der Waals surface area contributed by atoms with Crippen molar-refractivity contribution < 1.29 is 10.2 Å². The number of alkyl halides is 1. The van der Waals surface area contributed by atoms with Gasteiger partial charge in [-0.25, -0.2) is 0 Å². The van der Waals surface area contributed by atoms with Crippen LogP contribution in [0.1, 0.15) is 56.6 Å². The number of aliphatic hydroxyl groups is 2. The fourth-order valence-corrected chi connectivity index (χ4v) is 2.63. The molecule has 0 bridgehead atoms. The molecule has 1 rings (SSSR count). The molecule has 126 valence electrons. The molecule has 22 heavy (non-hydrogen) atoms. The average Bonchev–Trinajstić information content (AvgIpc) is 2.53. The van der Waals surface area contributed by atoms with Crippen LogP contribution in [-0.2, 0) is 12.8 Å². The summed E-state index contributed by atoms with van der Waals surface area (Å²) >= 11 is 5.64. The van der Waals surface area contributed by atoms with Gasteiger partial charge in [0.05, 0.1) is 12.1 Å². The fraction of sp³-hybridized carbons (Fsp3) is 0.667. The lowest BCUT2D eigenvalue weighted by atomic mass is 9.93. The van der Waals surface area contributed by atoms with Crippen LogP contribution in [0.4, 0.5) is 0 Å². The van der Waals surface area contributed by atoms with E-state index in [9.17, 15) is 10.2 Å². The van der Waals surface area contributed by atoms with Gasteiger partial charge in [-0.05, 0) is 36.8 Å². The Morgan fingerprint density at radius 2 is 1.59 bits per heavy atom. The van der Waals surface area contributed by atoms with Crippen molar-refractivity contribution in [2.45, 2.75) is 69.4 Å². The Morgan fingerprint density at radius 1 is 1.05 bits per heavy atom. The van der Waals surface area contributed by atoms with E-state index in [1.165, 1.54) is 37.7 Å². The van der Waals surface area contributed by atoms with E-state index >= 15 is 0 Å². The molecule has 0 heterocycles. The third-order valence-electron chi connectivity index (χ3n) is 4.24. The Kier molecular flexibility index (Phi) is 9.03. The second-order valence-electron chi connectivity index (χ2n) is 6.21. The van der Waals surface area contributed by atoms with Crippen LogP contribution >= 0.6 is 11.6 Å². The van der Waals surface area contributed by atoms with Gasteiger partial charge in [-0.15, -0.1) is 0 Å². The lowest BCUT2D eigenvalue weighted by Crippen LogP contribution is -2.52. The highest BCUT2D eigenvalue weighted by Crippen LogP contribution is 2.19. The highest BCUT2D eigenvalue weighted by molar-refractivity contribution is 6.20. The molecule has 0 saturated heterocycles. The Bertz CT molecular complexity index is 408. The van der Waals surface area contributed by atoms with E-state index in [0.717, 1.165) is 12.0 Å². The van der Waals surface area contributed by atoms with Crippen molar-refractivity contribution in [2.24, 2.45) is 5.73 Å². The third kappa shape index (κ3) is 6.66. The van der Waals surface area contributed by atoms with Crippen LogP contribution in [0.5, 0.6) is 0 Å². The van der Waals surface area contributed by atoms with Gasteiger partial charge in [0, 0.05) is 0 Å². The van der Waals surface area contributed by atoms with Gasteiger partial charge in [0.15, 0.2) is 0 Å². The number of aryl methyl sites for hydroxylation is 2. The summed E-state index contributed by atoms with van der Waals surface area (Å²) in [4.78, 5) is 0. The lowest BCUT2D eigenvalue weighted by molar-refractivity contribution is 0.0887. The molecule has 0 amide bonds. The van der Waals surface area contributed by atoms with Crippen LogP contribution in [0.25, 0.3) is 0 Å². The van der Waals surface area contributed by atoms with E-state index < -0.39 is 11.1 Å². The Balaban J connectivity index is 2.38. The Morgan fingerprint density at radius 3 is 2.09 bits per heavy atom. The summed E-state index contributed by atoms with van der Waals surface area (Å²) in [5, 5.41) is 18.7. The van der Waals surface area contributed by atoms with Crippen molar-refractivity contribution in [1.82, 2.24) is 0 Å². The van der Waals surface area contributed by atoms with Gasteiger partial charge >= 0.3 is 0 Å². The molecule has 3 nitrogen and oxygen atoms in total. The average molecular weight is 328 g/mol. The second-order valence-corrected chi connectivity index (χ2v) is 6.62. The van der Waals surface area contributed by atoms with Crippen LogP contribution in [0.15, 0.2) is 24.3 Å². The standard InChI is InChI=1S/C18H30ClNO2/c1-2-3-4-5-6-7-15-8-10-16(11-9-15)12-13-18(20,14-21)17(19)22/h8-11,17,21-22H,2-7,12-14,20H2,1H3. The van der Waals surface area contributed by atoms with Crippen LogP contribution in [0, 0.1) is 0 Å². The monoisotopic (exact) mass is 327 g/mol. The van der Waals surface area contributed by atoms with Gasteiger partial charge < -0.3 is 15.9 Å². The van der Waals surface area contributed by atoms with Gasteiger partial charge in [-0.1, -0.05) is 68.5 Å². The lowest BCUT2D eigenvalue weighted by Gasteiger charge is -2.28. The number of hydrogen-bond acceptors (Lipinski definition) is 3. The number of unbranched alkanes of at least 4 members (excludes halogenated alkanes) is 4. The predicted molar refractivity (Wildman–Crippen MR) is 93.1 cm³/mol. The SMILES string of the molecule is CCCCCCCc1ccc(CCC(N)(CO)C(O)Cl)cc1. The summed E-state index contributed by atoms with van der Waals surface area (Å²) in [6.45, 7) is 1.91. The summed E-state index contributed by atoms with van der Waals surface area (Å²) in [6.07, 6.45) is 8.75. The van der Waals surface area contributed by atoms with Crippen molar-refractivity contribution in [3.8, 4) is 0 Å². The summed E-state index contributed by atoms with van der Waals surface area (Å²) in [6, 6.07) is 8.51. The molecule has 2 unspecified atom stereocenters. The van der Waals surface area contributed by atoms with Gasteiger partial charge in [0.25, 0.3) is 0 Å². The normalized spacial score (nSPS) is 15.5. The summed E-state index contributed by atoms with van der Waals surface area (Å²) in [5.74, 6) is 0. The zero-order chi connectivity index (χ0) is 16.4. The van der Waals surface area contributed by atoms with Gasteiger partial charge in [0.2, 0.25) is 0 Å². The molecular formula is C18H30ClNO2. The number of rotatable bonds is 11. The molecule has 4 N–H and O–H groups in total. The minimum atomic E-state index is -1.24. The number of halogens is 1. The summed E-state index contributed by atoms with van der Waals surface area (Å²) < 4.78 is 0. The van der Waals surface area contributed by atoms with E-state index in [0.29, 0.717) is 12.8 Å². The molecule has 0 aromatic heterocycles. The number of aliphatic hydroxyl groups excluding tert-OH is 2. The van der Waals surface area contributed by atoms with E-state index in [-0.39, 0.29) is 6.61 Å². The molecule has 0 aliphatic rings. The largest absolute Gasteiger partial charge is 0.394 e. The Hall–Kier alpha value is -0.610. The minimum absolute atomic E-state index is 0.326. The molecule has 1 aromatic rings. The number of hydrogen-bond donors (Lipinski definition) is 3. The van der Waals surface area contributed by atoms with Crippen molar-refractivity contribution >= 4 is 11.6 Å². The van der Waals surface area contributed by atoms with E-state index in [1.54, 1.807) is 0 Å². The molecule has 1 aromatic carbocycles. The summed E-state index contributed by atoms with van der Waals surface area (Å²) in [5.41, 5.74) is 6.02. The number of benzene rings is 1. The first-order chi connectivity index (χ1) is 10.5. The minimum Gasteiger partial charge on any atom is -0.394 e. The second kappa shape index (κ2) is 10.2. The van der Waals surface area contributed by atoms with Crippen molar-refractivity contribution in [3.05, 3.63) is 35.4 Å². The third-order valence-corrected chi connectivity index (χ3v) is 4.67. The van der Waals surface area contributed by atoms with Crippen molar-refractivity contribution in [2.75, 3.05) is 6.61 Å². The molecule has 0 fully saturated rings. The first-order valence-electron chi connectivity index (χ1n) is 8.31. The zero-order valence-corrected chi connectivity index (χ0v) is 14.4. The van der Waals surface area contributed by atoms with E-state index in [2.05, 4.69) is 31.2 Å². The molecular weight excluding hydrogens is 298 g/mol. The maximum Gasteiger partial charge on any atom is 0.148 e. The van der Waals surface area contributed by atoms with Gasteiger partial charge in [-0.2, -0.15) is 0 Å². The molecule has 2 atom stereocenters. The zero-order valence-electron chi connectivity index (χ0n) is 13.6. The molecule has 4 heteroatoms. The molecule has 0 spiro atoms. The predicted octanol–water partition coefficient (Wildman–Crippen LogP) is 3.38. The maximum atomic E-state index is 9.43. The van der Waals surface area contributed by atoms with Crippen LogP contribution in [0.3, 0.4) is 0 Å². The fourth-order valence-electron chi connectivity index (χ4n) is 2.46. The van der Waals surface area contributed by atoms with Crippen LogP contribution in [0.2, 0.25) is 0 Å². The van der Waals surface area contributed by atoms with E-state index in [1.807, 2.05) is 0 Å². The van der Waals surface area contributed by atoms with Crippen molar-refractivity contribution in [1.29, 1.82) is 0 Å². The van der Waals surface area contributed by atoms with Crippen molar-refractivity contribution in [3.63, 3.8) is 0 Å². The molecule has 0 aliphatic heterocycles. The first-order valence-corrected chi connectivity index (χ1v) is 8.75. The van der Waals surface area contributed by atoms with Gasteiger partial charge in [-0.3, -0.25) is 0 Å². The smallest absolute Gasteiger partial charge is 0.148 e. The summed E-state index contributed by atoms with van der Waals surface area (Å²) in [7, 11) is 0. The van der Waals surface area contributed by atoms with E-state index in [4.69, 9.17) is 17.3 Å². The molecule has 0 radical (unpaired) electrons. The molecule has 0 aliphatic carbocycles. The van der Waals surface area contributed by atoms with Crippen LogP contribution < -0.4 is 5.73 Å². The highest BCUT2D eigenvalue weighted by Gasteiger charge is 2.31.